The fourth-order valence-electron chi connectivity index (χ4n) is 2.24. The van der Waals surface area contributed by atoms with Crippen molar-refractivity contribution < 1.29 is 0 Å². The minimum absolute atomic E-state index is 0.912. The molecule has 0 heterocycles. The minimum Gasteiger partial charge on any atom is -0.313 e. The summed E-state index contributed by atoms with van der Waals surface area (Å²) in [6.07, 6.45) is 8.01. The summed E-state index contributed by atoms with van der Waals surface area (Å²) in [6, 6.07) is 0. The van der Waals surface area contributed by atoms with E-state index in [0.29, 0.717) is 0 Å². The summed E-state index contributed by atoms with van der Waals surface area (Å²) in [4.78, 5) is 0. The molecular weight excluding hydrogens is 146 g/mol. The van der Waals surface area contributed by atoms with E-state index >= 15 is 0 Å². The molecule has 2 unspecified atom stereocenters. The zero-order valence-corrected chi connectivity index (χ0v) is 8.34. The summed E-state index contributed by atoms with van der Waals surface area (Å²) in [5, 5.41) is 6.99. The van der Waals surface area contributed by atoms with Gasteiger partial charge in [0.2, 0.25) is 0 Å². The third kappa shape index (κ3) is 2.62. The van der Waals surface area contributed by atoms with Crippen LogP contribution in [0, 0.1) is 23.2 Å². The Labute approximate surface area is 76.1 Å². The highest BCUT2D eigenvalue weighted by molar-refractivity contribution is 5.52. The Bertz CT molecular complexity index is 142. The van der Waals surface area contributed by atoms with Gasteiger partial charge in [-0.05, 0) is 43.2 Å². The zero-order chi connectivity index (χ0) is 8.97. The molecule has 1 aliphatic carbocycles. The van der Waals surface area contributed by atoms with Crippen molar-refractivity contribution in [3.63, 3.8) is 0 Å². The molecule has 70 valence electrons. The van der Waals surface area contributed by atoms with Gasteiger partial charge in [-0.15, -0.1) is 0 Å². The molecule has 1 heteroatoms. The van der Waals surface area contributed by atoms with Crippen LogP contribution in [0.5, 0.6) is 0 Å². The fraction of sp³-hybridized carbons (Fsp3) is 0.909. The number of hydrogen-bond acceptors (Lipinski definition) is 1. The number of nitrogens with one attached hydrogen (secondary N) is 1. The zero-order valence-electron chi connectivity index (χ0n) is 8.34. The van der Waals surface area contributed by atoms with Crippen LogP contribution in [0.25, 0.3) is 0 Å². The molecule has 1 aliphatic rings. The Balaban J connectivity index is 2.25. The quantitative estimate of drug-likeness (QED) is 0.622. The molecule has 1 N–H and O–H groups in total. The molecule has 1 saturated carbocycles. The standard InChI is InChI=1S/C11H21N/c1-9-5-6-11(4-3-7-12)8-10(9)2/h7,9-12H,3-6,8H2,1-2H3/t9?,10-,11?/m0/s1. The van der Waals surface area contributed by atoms with Crippen LogP contribution < -0.4 is 0 Å². The van der Waals surface area contributed by atoms with Crippen LogP contribution in [-0.2, 0) is 0 Å². The molecule has 0 saturated heterocycles. The maximum absolute atomic E-state index is 6.99. The van der Waals surface area contributed by atoms with E-state index < -0.39 is 0 Å². The Morgan fingerprint density at radius 3 is 2.58 bits per heavy atom. The molecule has 1 fully saturated rings. The predicted octanol–water partition coefficient (Wildman–Crippen LogP) is 3.49. The normalized spacial score (nSPS) is 36.3. The van der Waals surface area contributed by atoms with Crippen molar-refractivity contribution in [2.45, 2.75) is 46.0 Å². The van der Waals surface area contributed by atoms with Crippen molar-refractivity contribution in [2.24, 2.45) is 17.8 Å². The van der Waals surface area contributed by atoms with E-state index in [4.69, 9.17) is 5.41 Å². The molecule has 0 amide bonds. The van der Waals surface area contributed by atoms with Crippen LogP contribution in [0.15, 0.2) is 0 Å². The Kier molecular flexibility index (Phi) is 3.77. The molecule has 1 rings (SSSR count). The lowest BCUT2D eigenvalue weighted by Crippen LogP contribution is -2.20. The van der Waals surface area contributed by atoms with E-state index in [9.17, 15) is 0 Å². The van der Waals surface area contributed by atoms with Gasteiger partial charge in [0.15, 0.2) is 0 Å². The van der Waals surface area contributed by atoms with E-state index in [2.05, 4.69) is 13.8 Å². The minimum atomic E-state index is 0.912. The molecule has 0 aromatic carbocycles. The van der Waals surface area contributed by atoms with Crippen LogP contribution in [-0.4, -0.2) is 6.21 Å². The van der Waals surface area contributed by atoms with Gasteiger partial charge < -0.3 is 5.41 Å². The highest BCUT2D eigenvalue weighted by Crippen LogP contribution is 2.35. The van der Waals surface area contributed by atoms with Crippen LogP contribution in [0.1, 0.15) is 46.0 Å². The summed E-state index contributed by atoms with van der Waals surface area (Å²) >= 11 is 0. The van der Waals surface area contributed by atoms with Crippen molar-refractivity contribution >= 4 is 6.21 Å². The van der Waals surface area contributed by atoms with Crippen LogP contribution >= 0.6 is 0 Å². The molecule has 0 aliphatic heterocycles. The van der Waals surface area contributed by atoms with Crippen molar-refractivity contribution in [1.29, 1.82) is 5.41 Å². The molecule has 12 heavy (non-hydrogen) atoms. The van der Waals surface area contributed by atoms with E-state index in [1.807, 2.05) is 0 Å². The summed E-state index contributed by atoms with van der Waals surface area (Å²) in [5.41, 5.74) is 0. The van der Waals surface area contributed by atoms with Gasteiger partial charge >= 0.3 is 0 Å². The van der Waals surface area contributed by atoms with Crippen molar-refractivity contribution in [3.8, 4) is 0 Å². The van der Waals surface area contributed by atoms with Gasteiger partial charge in [-0.3, -0.25) is 0 Å². The topological polar surface area (TPSA) is 23.9 Å². The predicted molar refractivity (Wildman–Crippen MR) is 53.7 cm³/mol. The van der Waals surface area contributed by atoms with Crippen LogP contribution in [0.4, 0.5) is 0 Å². The summed E-state index contributed by atoms with van der Waals surface area (Å²) in [5.74, 6) is 2.76. The average Bonchev–Trinajstić information content (AvgIpc) is 2.07. The summed E-state index contributed by atoms with van der Waals surface area (Å²) in [7, 11) is 0. The number of rotatable bonds is 3. The van der Waals surface area contributed by atoms with Gasteiger partial charge in [-0.2, -0.15) is 0 Å². The van der Waals surface area contributed by atoms with E-state index in [1.165, 1.54) is 25.7 Å². The van der Waals surface area contributed by atoms with E-state index in [1.54, 1.807) is 6.21 Å². The lowest BCUT2D eigenvalue weighted by Gasteiger charge is -2.31. The molecule has 0 aromatic rings. The van der Waals surface area contributed by atoms with Crippen LogP contribution in [0.3, 0.4) is 0 Å². The first-order chi connectivity index (χ1) is 5.74. The average molecular weight is 167 g/mol. The second kappa shape index (κ2) is 4.64. The van der Waals surface area contributed by atoms with E-state index in [0.717, 1.165) is 24.2 Å². The molecule has 0 aromatic heterocycles. The number of hydrogen-bond donors (Lipinski definition) is 1. The van der Waals surface area contributed by atoms with Gasteiger partial charge in [-0.1, -0.05) is 26.7 Å². The van der Waals surface area contributed by atoms with Crippen LogP contribution in [0.2, 0.25) is 0 Å². The molecular formula is C11H21N. The second-order valence-electron chi connectivity index (χ2n) is 4.42. The van der Waals surface area contributed by atoms with Crippen molar-refractivity contribution in [3.05, 3.63) is 0 Å². The van der Waals surface area contributed by atoms with Gasteiger partial charge in [0.05, 0.1) is 0 Å². The first kappa shape index (κ1) is 9.76. The maximum Gasteiger partial charge on any atom is -0.00476 e. The maximum atomic E-state index is 6.99. The lowest BCUT2D eigenvalue weighted by molar-refractivity contribution is 0.202. The highest BCUT2D eigenvalue weighted by atomic mass is 14.3. The van der Waals surface area contributed by atoms with Gasteiger partial charge in [0.1, 0.15) is 0 Å². The summed E-state index contributed by atoms with van der Waals surface area (Å²) in [6.45, 7) is 4.75. The van der Waals surface area contributed by atoms with Gasteiger partial charge in [0.25, 0.3) is 0 Å². The monoisotopic (exact) mass is 167 g/mol. The molecule has 3 atom stereocenters. The fourth-order valence-corrected chi connectivity index (χ4v) is 2.24. The second-order valence-corrected chi connectivity index (χ2v) is 4.42. The first-order valence-electron chi connectivity index (χ1n) is 5.23. The van der Waals surface area contributed by atoms with Gasteiger partial charge in [0, 0.05) is 0 Å². The molecule has 0 spiro atoms. The third-order valence-electron chi connectivity index (χ3n) is 3.43. The largest absolute Gasteiger partial charge is 0.313 e. The third-order valence-corrected chi connectivity index (χ3v) is 3.43. The molecule has 0 radical (unpaired) electrons. The summed E-state index contributed by atoms with van der Waals surface area (Å²) < 4.78 is 0. The highest BCUT2D eigenvalue weighted by Gasteiger charge is 2.23. The Morgan fingerprint density at radius 2 is 2.00 bits per heavy atom. The molecule has 1 nitrogen and oxygen atoms in total. The van der Waals surface area contributed by atoms with E-state index in [-0.39, 0.29) is 0 Å². The first-order valence-corrected chi connectivity index (χ1v) is 5.23. The SMILES string of the molecule is CC1CCC(CCC=N)C[C@@H]1C. The smallest absolute Gasteiger partial charge is 0.00476 e. The molecule has 0 bridgehead atoms. The van der Waals surface area contributed by atoms with Crippen molar-refractivity contribution in [1.82, 2.24) is 0 Å². The lowest BCUT2D eigenvalue weighted by atomic mass is 9.74. The Hall–Kier alpha value is -0.330. The van der Waals surface area contributed by atoms with Gasteiger partial charge in [-0.25, -0.2) is 0 Å². The Morgan fingerprint density at radius 1 is 1.25 bits per heavy atom. The van der Waals surface area contributed by atoms with Crippen molar-refractivity contribution in [2.75, 3.05) is 0 Å².